The second kappa shape index (κ2) is 8.76. The molecule has 1 aliphatic carbocycles. The first kappa shape index (κ1) is 20.6. The van der Waals surface area contributed by atoms with Crippen molar-refractivity contribution < 1.29 is 14.3 Å². The molecular weight excluding hydrogens is 428 g/mol. The first-order valence-electron chi connectivity index (χ1n) is 11.5. The minimum Gasteiger partial charge on any atom is -0.437 e. The number of benzene rings is 3. The Morgan fingerprint density at radius 3 is 2.56 bits per heavy atom. The summed E-state index contributed by atoms with van der Waals surface area (Å²) in [6.45, 7) is 3.30. The third kappa shape index (κ3) is 3.95. The molecule has 1 fully saturated rings. The number of carbonyl (C=O) groups excluding carboxylic acids is 1. The SMILES string of the molecule is O=C1CCc2cccc(Oc3nc(Nc4ccc(N5CCOCC5)cc4)nc4ccccc34)c21. The number of fused-ring (bicyclic) bond motifs is 2. The van der Waals surface area contributed by atoms with E-state index in [1.165, 1.54) is 5.69 Å². The Hall–Kier alpha value is -3.97. The van der Waals surface area contributed by atoms with Gasteiger partial charge >= 0.3 is 0 Å². The molecule has 7 nitrogen and oxygen atoms in total. The van der Waals surface area contributed by atoms with Crippen LogP contribution < -0.4 is 15.0 Å². The van der Waals surface area contributed by atoms with Crippen LogP contribution in [0, 0.1) is 0 Å². The summed E-state index contributed by atoms with van der Waals surface area (Å²) in [5, 5.41) is 4.09. The van der Waals surface area contributed by atoms with Crippen molar-refractivity contribution in [2.24, 2.45) is 0 Å². The maximum atomic E-state index is 12.5. The van der Waals surface area contributed by atoms with Gasteiger partial charge in [-0.1, -0.05) is 24.3 Å². The number of aryl methyl sites for hydroxylation is 1. The quantitative estimate of drug-likeness (QED) is 0.450. The Bertz CT molecular complexity index is 1360. The number of ketones is 1. The monoisotopic (exact) mass is 452 g/mol. The van der Waals surface area contributed by atoms with Crippen LogP contribution in [0.1, 0.15) is 22.3 Å². The van der Waals surface area contributed by atoms with Crippen LogP contribution in [0.25, 0.3) is 10.9 Å². The molecule has 2 aliphatic rings. The zero-order chi connectivity index (χ0) is 22.9. The highest BCUT2D eigenvalue weighted by Gasteiger charge is 2.24. The minimum absolute atomic E-state index is 0.114. The highest BCUT2D eigenvalue weighted by molar-refractivity contribution is 6.03. The van der Waals surface area contributed by atoms with Gasteiger partial charge in [-0.15, -0.1) is 0 Å². The number of rotatable bonds is 5. The predicted molar refractivity (Wildman–Crippen MR) is 131 cm³/mol. The van der Waals surface area contributed by atoms with E-state index in [4.69, 9.17) is 9.47 Å². The van der Waals surface area contributed by atoms with Gasteiger partial charge in [0.15, 0.2) is 5.78 Å². The summed E-state index contributed by atoms with van der Waals surface area (Å²) >= 11 is 0. The molecule has 0 spiro atoms. The van der Waals surface area contributed by atoms with Crippen molar-refractivity contribution in [3.63, 3.8) is 0 Å². The standard InChI is InChI=1S/C27H24N4O3/c32-23-13-8-18-4-3-7-24(25(18)23)34-26-21-5-1-2-6-22(21)29-27(30-26)28-19-9-11-20(12-10-19)31-14-16-33-17-15-31/h1-7,9-12H,8,13-17H2,(H,28,29,30). The molecule has 7 heteroatoms. The van der Waals surface area contributed by atoms with Gasteiger partial charge in [-0.05, 0) is 54.4 Å². The molecule has 1 saturated heterocycles. The largest absolute Gasteiger partial charge is 0.437 e. The number of morpholine rings is 1. The van der Waals surface area contributed by atoms with E-state index in [0.717, 1.165) is 54.9 Å². The second-order valence-corrected chi connectivity index (χ2v) is 8.46. The molecule has 4 aromatic rings. The average Bonchev–Trinajstić information content (AvgIpc) is 3.27. The Morgan fingerprint density at radius 2 is 1.71 bits per heavy atom. The molecular formula is C27H24N4O3. The summed E-state index contributed by atoms with van der Waals surface area (Å²) in [7, 11) is 0. The van der Waals surface area contributed by atoms with Gasteiger partial charge < -0.3 is 19.7 Å². The van der Waals surface area contributed by atoms with E-state index in [9.17, 15) is 4.79 Å². The lowest BCUT2D eigenvalue weighted by molar-refractivity contribution is 0.0992. The number of nitrogens with one attached hydrogen (secondary N) is 1. The predicted octanol–water partition coefficient (Wildman–Crippen LogP) is 5.13. The lowest BCUT2D eigenvalue weighted by Gasteiger charge is -2.28. The van der Waals surface area contributed by atoms with Crippen molar-refractivity contribution in [2.75, 3.05) is 36.5 Å². The zero-order valence-electron chi connectivity index (χ0n) is 18.7. The lowest BCUT2D eigenvalue weighted by atomic mass is 10.1. The number of carbonyl (C=O) groups is 1. The van der Waals surface area contributed by atoms with Crippen molar-refractivity contribution in [1.82, 2.24) is 9.97 Å². The number of para-hydroxylation sites is 1. The molecule has 2 heterocycles. The zero-order valence-corrected chi connectivity index (χ0v) is 18.7. The highest BCUT2D eigenvalue weighted by atomic mass is 16.5. The number of nitrogens with zero attached hydrogens (tertiary/aromatic N) is 3. The van der Waals surface area contributed by atoms with Gasteiger partial charge in [0.05, 0.1) is 29.7 Å². The molecule has 0 saturated carbocycles. The van der Waals surface area contributed by atoms with Crippen LogP contribution in [-0.4, -0.2) is 42.1 Å². The van der Waals surface area contributed by atoms with E-state index in [2.05, 4.69) is 32.3 Å². The number of hydrogen-bond donors (Lipinski definition) is 1. The molecule has 1 aliphatic heterocycles. The van der Waals surface area contributed by atoms with E-state index >= 15 is 0 Å². The van der Waals surface area contributed by atoms with Crippen LogP contribution in [0.5, 0.6) is 11.6 Å². The van der Waals surface area contributed by atoms with Gasteiger partial charge in [-0.25, -0.2) is 4.98 Å². The van der Waals surface area contributed by atoms with E-state index in [0.29, 0.717) is 29.6 Å². The Balaban J connectivity index is 1.31. The molecule has 6 rings (SSSR count). The Kier molecular flexibility index (Phi) is 5.31. The van der Waals surface area contributed by atoms with Gasteiger partial charge in [0.2, 0.25) is 11.8 Å². The van der Waals surface area contributed by atoms with Crippen LogP contribution in [0.3, 0.4) is 0 Å². The molecule has 0 radical (unpaired) electrons. The fraction of sp³-hybridized carbons (Fsp3) is 0.222. The van der Waals surface area contributed by atoms with E-state index in [1.807, 2.05) is 54.6 Å². The number of hydrogen-bond acceptors (Lipinski definition) is 7. The van der Waals surface area contributed by atoms with Crippen molar-refractivity contribution >= 4 is 34.0 Å². The minimum atomic E-state index is 0.114. The number of anilines is 3. The summed E-state index contributed by atoms with van der Waals surface area (Å²) in [6, 6.07) is 21.7. The summed E-state index contributed by atoms with van der Waals surface area (Å²) in [6.07, 6.45) is 1.27. The summed E-state index contributed by atoms with van der Waals surface area (Å²) in [4.78, 5) is 24.1. The smallest absolute Gasteiger partial charge is 0.232 e. The van der Waals surface area contributed by atoms with Crippen molar-refractivity contribution in [3.05, 3.63) is 77.9 Å². The van der Waals surface area contributed by atoms with Crippen molar-refractivity contribution in [2.45, 2.75) is 12.8 Å². The fourth-order valence-electron chi connectivity index (χ4n) is 4.55. The van der Waals surface area contributed by atoms with Gasteiger partial charge in [0, 0.05) is 30.9 Å². The topological polar surface area (TPSA) is 76.6 Å². The number of aromatic nitrogens is 2. The van der Waals surface area contributed by atoms with E-state index < -0.39 is 0 Å². The van der Waals surface area contributed by atoms with Crippen molar-refractivity contribution in [1.29, 1.82) is 0 Å². The molecule has 3 aromatic carbocycles. The summed E-state index contributed by atoms with van der Waals surface area (Å²) in [5.74, 6) is 1.52. The molecule has 34 heavy (non-hydrogen) atoms. The Morgan fingerprint density at radius 1 is 0.882 bits per heavy atom. The van der Waals surface area contributed by atoms with Gasteiger partial charge in [-0.2, -0.15) is 4.98 Å². The number of ether oxygens (including phenoxy) is 2. The summed E-state index contributed by atoms with van der Waals surface area (Å²) in [5.41, 5.74) is 4.51. The molecule has 170 valence electrons. The second-order valence-electron chi connectivity index (χ2n) is 8.46. The third-order valence-corrected chi connectivity index (χ3v) is 6.29. The first-order valence-corrected chi connectivity index (χ1v) is 11.5. The lowest BCUT2D eigenvalue weighted by Crippen LogP contribution is -2.36. The Labute approximate surface area is 197 Å². The van der Waals surface area contributed by atoms with E-state index in [-0.39, 0.29) is 5.78 Å². The first-order chi connectivity index (χ1) is 16.7. The van der Waals surface area contributed by atoms with Gasteiger partial charge in [-0.3, -0.25) is 4.79 Å². The average molecular weight is 453 g/mol. The van der Waals surface area contributed by atoms with Gasteiger partial charge in [0.1, 0.15) is 5.75 Å². The third-order valence-electron chi connectivity index (χ3n) is 6.29. The highest BCUT2D eigenvalue weighted by Crippen LogP contribution is 2.35. The normalized spacial score (nSPS) is 15.4. The fourth-order valence-corrected chi connectivity index (χ4v) is 4.55. The molecule has 0 atom stereocenters. The van der Waals surface area contributed by atoms with Crippen LogP contribution >= 0.6 is 0 Å². The van der Waals surface area contributed by atoms with Crippen LogP contribution in [0.2, 0.25) is 0 Å². The van der Waals surface area contributed by atoms with Gasteiger partial charge in [0.25, 0.3) is 0 Å². The maximum Gasteiger partial charge on any atom is 0.232 e. The van der Waals surface area contributed by atoms with Crippen LogP contribution in [-0.2, 0) is 11.2 Å². The van der Waals surface area contributed by atoms with Crippen LogP contribution in [0.4, 0.5) is 17.3 Å². The molecule has 1 aromatic heterocycles. The molecule has 0 unspecified atom stereocenters. The maximum absolute atomic E-state index is 12.5. The van der Waals surface area contributed by atoms with Crippen LogP contribution in [0.15, 0.2) is 66.7 Å². The summed E-state index contributed by atoms with van der Waals surface area (Å²) < 4.78 is 11.7. The van der Waals surface area contributed by atoms with Crippen molar-refractivity contribution in [3.8, 4) is 11.6 Å². The molecule has 1 N–H and O–H groups in total. The molecule has 0 bridgehead atoms. The van der Waals surface area contributed by atoms with E-state index in [1.54, 1.807) is 0 Å². The number of Topliss-reactive ketones (excluding diaryl/α,β-unsaturated/α-hetero) is 1. The molecule has 0 amide bonds.